The molecular formula is C16H21NO. The van der Waals surface area contributed by atoms with E-state index in [0.717, 1.165) is 25.7 Å². The molecule has 0 aliphatic heterocycles. The third-order valence-electron chi connectivity index (χ3n) is 3.74. The Kier molecular flexibility index (Phi) is 4.28. The molecule has 0 heterocycles. The van der Waals surface area contributed by atoms with Crippen molar-refractivity contribution in [2.45, 2.75) is 51.1 Å². The van der Waals surface area contributed by atoms with Gasteiger partial charge in [-0.05, 0) is 48.9 Å². The summed E-state index contributed by atoms with van der Waals surface area (Å²) in [7, 11) is 0. The zero-order chi connectivity index (χ0) is 13.0. The van der Waals surface area contributed by atoms with Crippen LogP contribution in [-0.4, -0.2) is 11.1 Å². The number of rotatable bonds is 4. The first-order valence-electron chi connectivity index (χ1n) is 6.76. The molecular weight excluding hydrogens is 222 g/mol. The van der Waals surface area contributed by atoms with Crippen LogP contribution in [0.2, 0.25) is 0 Å². The normalized spacial score (nSPS) is 19.9. The van der Waals surface area contributed by atoms with Gasteiger partial charge in [-0.2, -0.15) is 0 Å². The Labute approximate surface area is 109 Å². The zero-order valence-electron chi connectivity index (χ0n) is 10.9. The van der Waals surface area contributed by atoms with Crippen molar-refractivity contribution in [3.63, 3.8) is 0 Å². The average molecular weight is 243 g/mol. The lowest BCUT2D eigenvalue weighted by Crippen LogP contribution is -2.34. The number of fused-ring (bicyclic) bond motifs is 1. The summed E-state index contributed by atoms with van der Waals surface area (Å²) in [6.45, 7) is 2.15. The van der Waals surface area contributed by atoms with Gasteiger partial charge < -0.3 is 10.4 Å². The molecule has 2 unspecified atom stereocenters. The van der Waals surface area contributed by atoms with E-state index in [0.29, 0.717) is 17.8 Å². The van der Waals surface area contributed by atoms with Crippen LogP contribution in [0.3, 0.4) is 0 Å². The van der Waals surface area contributed by atoms with E-state index in [9.17, 15) is 5.11 Å². The number of terminal acetylenes is 1. The van der Waals surface area contributed by atoms with Crippen LogP contribution in [0, 0.1) is 12.3 Å². The predicted octanol–water partition coefficient (Wildman–Crippen LogP) is 3.16. The van der Waals surface area contributed by atoms with Crippen molar-refractivity contribution in [1.82, 2.24) is 5.32 Å². The smallest absolute Gasteiger partial charge is 0.115 e. The molecule has 0 saturated carbocycles. The van der Waals surface area contributed by atoms with Crippen molar-refractivity contribution in [2.24, 2.45) is 0 Å². The highest BCUT2D eigenvalue weighted by molar-refractivity contribution is 5.38. The number of phenolic OH excluding ortho intramolecular Hbond substituents is 1. The molecule has 1 aromatic rings. The Morgan fingerprint density at radius 2 is 2.39 bits per heavy atom. The third-order valence-corrected chi connectivity index (χ3v) is 3.74. The number of aromatic hydroxyl groups is 1. The van der Waals surface area contributed by atoms with Crippen molar-refractivity contribution in [2.75, 3.05) is 0 Å². The van der Waals surface area contributed by atoms with E-state index < -0.39 is 0 Å². The van der Waals surface area contributed by atoms with Crippen molar-refractivity contribution in [3.8, 4) is 18.1 Å². The molecule has 1 aliphatic rings. The molecule has 0 saturated heterocycles. The number of nitrogens with one attached hydrogen (secondary N) is 1. The standard InChI is InChI=1S/C16H21NO/c1-3-6-13(4-2)17-16-8-5-7-12-9-10-14(18)11-15(12)16/h1,9-11,13,16-18H,4-8H2,2H3. The lowest BCUT2D eigenvalue weighted by Gasteiger charge is -2.30. The molecule has 0 bridgehead atoms. The summed E-state index contributed by atoms with van der Waals surface area (Å²) >= 11 is 0. The lowest BCUT2D eigenvalue weighted by atomic mass is 9.87. The quantitative estimate of drug-likeness (QED) is 0.796. The Balaban J connectivity index is 2.16. The van der Waals surface area contributed by atoms with Crippen LogP contribution < -0.4 is 5.32 Å². The molecule has 18 heavy (non-hydrogen) atoms. The van der Waals surface area contributed by atoms with Crippen molar-refractivity contribution >= 4 is 0 Å². The van der Waals surface area contributed by atoms with Crippen molar-refractivity contribution < 1.29 is 5.11 Å². The van der Waals surface area contributed by atoms with E-state index in [1.54, 1.807) is 6.07 Å². The molecule has 2 atom stereocenters. The fourth-order valence-electron chi connectivity index (χ4n) is 2.71. The van der Waals surface area contributed by atoms with Crippen LogP contribution in [0.5, 0.6) is 5.75 Å². The summed E-state index contributed by atoms with van der Waals surface area (Å²) < 4.78 is 0. The average Bonchev–Trinajstić information content (AvgIpc) is 2.38. The van der Waals surface area contributed by atoms with Gasteiger partial charge in [0, 0.05) is 18.5 Å². The Morgan fingerprint density at radius 1 is 1.56 bits per heavy atom. The van der Waals surface area contributed by atoms with E-state index in [4.69, 9.17) is 6.42 Å². The van der Waals surface area contributed by atoms with Gasteiger partial charge >= 0.3 is 0 Å². The molecule has 96 valence electrons. The van der Waals surface area contributed by atoms with Gasteiger partial charge in [-0.25, -0.2) is 0 Å². The SMILES string of the molecule is C#CCC(CC)NC1CCCc2ccc(O)cc21. The maximum atomic E-state index is 9.64. The fourth-order valence-corrected chi connectivity index (χ4v) is 2.71. The van der Waals surface area contributed by atoms with Gasteiger partial charge in [0.1, 0.15) is 5.75 Å². The van der Waals surface area contributed by atoms with Gasteiger partial charge in [-0.1, -0.05) is 13.0 Å². The molecule has 0 spiro atoms. The fraction of sp³-hybridized carbons (Fsp3) is 0.500. The third kappa shape index (κ3) is 2.86. The molecule has 2 nitrogen and oxygen atoms in total. The largest absolute Gasteiger partial charge is 0.508 e. The van der Waals surface area contributed by atoms with Crippen LogP contribution in [0.15, 0.2) is 18.2 Å². The molecule has 0 radical (unpaired) electrons. The first kappa shape index (κ1) is 13.0. The van der Waals surface area contributed by atoms with Crippen molar-refractivity contribution in [3.05, 3.63) is 29.3 Å². The highest BCUT2D eigenvalue weighted by Crippen LogP contribution is 2.32. The van der Waals surface area contributed by atoms with E-state index in [1.807, 2.05) is 12.1 Å². The van der Waals surface area contributed by atoms with E-state index >= 15 is 0 Å². The molecule has 2 rings (SSSR count). The minimum atomic E-state index is 0.333. The Morgan fingerprint density at radius 3 is 3.11 bits per heavy atom. The van der Waals surface area contributed by atoms with Gasteiger partial charge in [0.2, 0.25) is 0 Å². The van der Waals surface area contributed by atoms with Crippen LogP contribution in [0.4, 0.5) is 0 Å². The summed E-state index contributed by atoms with van der Waals surface area (Å²) in [5.74, 6) is 3.09. The lowest BCUT2D eigenvalue weighted by molar-refractivity contribution is 0.387. The topological polar surface area (TPSA) is 32.3 Å². The summed E-state index contributed by atoms with van der Waals surface area (Å²) in [5.41, 5.74) is 2.60. The minimum absolute atomic E-state index is 0.333. The van der Waals surface area contributed by atoms with E-state index in [-0.39, 0.29) is 0 Å². The van der Waals surface area contributed by atoms with Crippen LogP contribution >= 0.6 is 0 Å². The molecule has 1 aromatic carbocycles. The summed E-state index contributed by atoms with van der Waals surface area (Å²) in [6.07, 6.45) is 10.6. The van der Waals surface area contributed by atoms with Gasteiger partial charge in [-0.15, -0.1) is 12.3 Å². The minimum Gasteiger partial charge on any atom is -0.508 e. The molecule has 0 aromatic heterocycles. The summed E-state index contributed by atoms with van der Waals surface area (Å²) in [5, 5.41) is 13.3. The highest BCUT2D eigenvalue weighted by atomic mass is 16.3. The summed E-state index contributed by atoms with van der Waals surface area (Å²) in [6, 6.07) is 6.42. The van der Waals surface area contributed by atoms with E-state index in [1.165, 1.54) is 17.5 Å². The van der Waals surface area contributed by atoms with Crippen molar-refractivity contribution in [1.29, 1.82) is 0 Å². The second kappa shape index (κ2) is 5.93. The Bertz CT molecular complexity index is 447. The monoisotopic (exact) mass is 243 g/mol. The van der Waals surface area contributed by atoms with Crippen LogP contribution in [-0.2, 0) is 6.42 Å². The number of hydrogen-bond donors (Lipinski definition) is 2. The van der Waals surface area contributed by atoms with E-state index in [2.05, 4.69) is 18.2 Å². The summed E-state index contributed by atoms with van der Waals surface area (Å²) in [4.78, 5) is 0. The van der Waals surface area contributed by atoms with Gasteiger partial charge in [-0.3, -0.25) is 0 Å². The molecule has 0 amide bonds. The second-order valence-electron chi connectivity index (χ2n) is 5.01. The number of benzene rings is 1. The predicted molar refractivity (Wildman–Crippen MR) is 74.5 cm³/mol. The first-order chi connectivity index (χ1) is 8.74. The molecule has 2 heteroatoms. The van der Waals surface area contributed by atoms with Gasteiger partial charge in [0.25, 0.3) is 0 Å². The van der Waals surface area contributed by atoms with Crippen LogP contribution in [0.1, 0.15) is 49.8 Å². The molecule has 1 aliphatic carbocycles. The van der Waals surface area contributed by atoms with Gasteiger partial charge in [0.05, 0.1) is 0 Å². The second-order valence-corrected chi connectivity index (χ2v) is 5.01. The van der Waals surface area contributed by atoms with Crippen LogP contribution in [0.25, 0.3) is 0 Å². The first-order valence-corrected chi connectivity index (χ1v) is 6.76. The maximum absolute atomic E-state index is 9.64. The Hall–Kier alpha value is -1.46. The zero-order valence-corrected chi connectivity index (χ0v) is 10.9. The van der Waals surface area contributed by atoms with Gasteiger partial charge in [0.15, 0.2) is 0 Å². The number of phenols is 1. The maximum Gasteiger partial charge on any atom is 0.115 e. The molecule has 0 fully saturated rings. The molecule has 2 N–H and O–H groups in total. The number of hydrogen-bond acceptors (Lipinski definition) is 2. The highest BCUT2D eigenvalue weighted by Gasteiger charge is 2.22. The number of aryl methyl sites for hydroxylation is 1.